The van der Waals surface area contributed by atoms with Gasteiger partial charge in [0.1, 0.15) is 0 Å². The third kappa shape index (κ3) is 2.18. The Hall–Kier alpha value is -1.05. The summed E-state index contributed by atoms with van der Waals surface area (Å²) in [5.74, 6) is -0.575. The second-order valence-corrected chi connectivity index (χ2v) is 7.04. The first-order chi connectivity index (χ1) is 8.01. The van der Waals surface area contributed by atoms with Crippen LogP contribution in [0.15, 0.2) is 24.3 Å². The first kappa shape index (κ1) is 12.4. The van der Waals surface area contributed by atoms with Crippen molar-refractivity contribution in [1.29, 1.82) is 5.26 Å². The Bertz CT molecular complexity index is 576. The largest absolute Gasteiger partial charge is 0.228 e. The normalized spacial score (nSPS) is 27.5. The van der Waals surface area contributed by atoms with Crippen LogP contribution in [-0.2, 0) is 9.84 Å². The average molecular weight is 270 g/mol. The number of rotatable bonds is 3. The van der Waals surface area contributed by atoms with Crippen LogP contribution in [0.25, 0.3) is 0 Å². The van der Waals surface area contributed by atoms with Crippen LogP contribution >= 0.6 is 11.6 Å². The Morgan fingerprint density at radius 2 is 2.18 bits per heavy atom. The fourth-order valence-corrected chi connectivity index (χ4v) is 4.13. The summed E-state index contributed by atoms with van der Waals surface area (Å²) in [4.78, 5) is 0. The van der Waals surface area contributed by atoms with Gasteiger partial charge in [-0.25, -0.2) is 8.42 Å². The number of benzene rings is 1. The van der Waals surface area contributed by atoms with E-state index in [1.807, 2.05) is 6.07 Å². The van der Waals surface area contributed by atoms with E-state index >= 15 is 0 Å². The van der Waals surface area contributed by atoms with Crippen molar-refractivity contribution < 1.29 is 8.42 Å². The van der Waals surface area contributed by atoms with E-state index in [9.17, 15) is 8.42 Å². The minimum atomic E-state index is -3.16. The van der Waals surface area contributed by atoms with Gasteiger partial charge < -0.3 is 0 Å². The van der Waals surface area contributed by atoms with Gasteiger partial charge in [-0.3, -0.25) is 0 Å². The molecule has 1 aromatic rings. The summed E-state index contributed by atoms with van der Waals surface area (Å²) >= 11 is 5.87. The predicted octanol–water partition coefficient (Wildman–Crippen LogP) is 2.38. The highest BCUT2D eigenvalue weighted by atomic mass is 35.5. The van der Waals surface area contributed by atoms with Crippen LogP contribution in [0.3, 0.4) is 0 Å². The van der Waals surface area contributed by atoms with Gasteiger partial charge in [0, 0.05) is 16.7 Å². The molecule has 1 saturated carbocycles. The Kier molecular flexibility index (Phi) is 3.15. The summed E-state index contributed by atoms with van der Waals surface area (Å²) in [5, 5.41) is 9.00. The fourth-order valence-electron chi connectivity index (χ4n) is 2.19. The highest BCUT2D eigenvalue weighted by Crippen LogP contribution is 2.52. The summed E-state index contributed by atoms with van der Waals surface area (Å²) in [6.07, 6.45) is 0. The second-order valence-electron chi connectivity index (χ2n) is 4.15. The number of hydrogen-bond donors (Lipinski definition) is 0. The van der Waals surface area contributed by atoms with Crippen molar-refractivity contribution in [1.82, 2.24) is 0 Å². The van der Waals surface area contributed by atoms with Gasteiger partial charge in [-0.15, -0.1) is 0 Å². The quantitative estimate of drug-likeness (QED) is 0.846. The minimum Gasteiger partial charge on any atom is -0.228 e. The summed E-state index contributed by atoms with van der Waals surface area (Å²) in [5.41, 5.74) is 0.839. The van der Waals surface area contributed by atoms with Gasteiger partial charge in [-0.2, -0.15) is 5.26 Å². The first-order valence-corrected chi connectivity index (χ1v) is 7.47. The Balaban J connectivity index is 2.34. The van der Waals surface area contributed by atoms with E-state index in [0.29, 0.717) is 5.02 Å². The maximum atomic E-state index is 11.8. The van der Waals surface area contributed by atoms with Crippen LogP contribution in [-0.4, -0.2) is 19.4 Å². The van der Waals surface area contributed by atoms with Crippen LogP contribution < -0.4 is 0 Å². The van der Waals surface area contributed by atoms with Crippen molar-refractivity contribution in [2.24, 2.45) is 5.92 Å². The number of halogens is 1. The maximum Gasteiger partial charge on any atom is 0.154 e. The van der Waals surface area contributed by atoms with Gasteiger partial charge in [-0.1, -0.05) is 30.7 Å². The van der Waals surface area contributed by atoms with Gasteiger partial charge >= 0.3 is 0 Å². The Labute approximate surface area is 106 Å². The molecule has 5 heteroatoms. The van der Waals surface area contributed by atoms with Crippen molar-refractivity contribution >= 4 is 21.4 Å². The Morgan fingerprint density at radius 1 is 1.47 bits per heavy atom. The first-order valence-electron chi connectivity index (χ1n) is 5.38. The molecule has 17 heavy (non-hydrogen) atoms. The standard InChI is InChI=1S/C12H12ClNO2S/c1-2-17(15,16)12-10(7-14)11(12)8-4-3-5-9(13)6-8/h3-6,10-12H,2H2,1H3/t10-,11-,12+/m0/s1. The molecule has 3 atom stereocenters. The number of hydrogen-bond acceptors (Lipinski definition) is 3. The van der Waals surface area contributed by atoms with Gasteiger partial charge in [0.15, 0.2) is 9.84 Å². The monoisotopic (exact) mass is 269 g/mol. The summed E-state index contributed by atoms with van der Waals surface area (Å²) in [6, 6.07) is 9.15. The molecule has 0 aromatic heterocycles. The third-order valence-electron chi connectivity index (χ3n) is 3.15. The van der Waals surface area contributed by atoms with Crippen LogP contribution in [0.2, 0.25) is 5.02 Å². The molecule has 90 valence electrons. The van der Waals surface area contributed by atoms with Crippen molar-refractivity contribution in [3.8, 4) is 6.07 Å². The minimum absolute atomic E-state index is 0.0763. The summed E-state index contributed by atoms with van der Waals surface area (Å²) in [7, 11) is -3.16. The highest BCUT2D eigenvalue weighted by molar-refractivity contribution is 7.92. The molecule has 0 spiro atoms. The summed E-state index contributed by atoms with van der Waals surface area (Å²) in [6.45, 7) is 1.61. The molecule has 3 nitrogen and oxygen atoms in total. The van der Waals surface area contributed by atoms with Gasteiger partial charge in [0.05, 0.1) is 17.2 Å². The van der Waals surface area contributed by atoms with E-state index in [1.54, 1.807) is 25.1 Å². The fraction of sp³-hybridized carbons (Fsp3) is 0.417. The molecule has 0 N–H and O–H groups in total. The van der Waals surface area contributed by atoms with Gasteiger partial charge in [0.2, 0.25) is 0 Å². The Morgan fingerprint density at radius 3 is 2.71 bits per heavy atom. The lowest BCUT2D eigenvalue weighted by Gasteiger charge is -2.00. The van der Waals surface area contributed by atoms with E-state index < -0.39 is 21.0 Å². The van der Waals surface area contributed by atoms with Crippen LogP contribution in [0.5, 0.6) is 0 Å². The van der Waals surface area contributed by atoms with E-state index in [2.05, 4.69) is 6.07 Å². The zero-order valence-corrected chi connectivity index (χ0v) is 10.9. The lowest BCUT2D eigenvalue weighted by molar-refractivity contribution is 0.594. The third-order valence-corrected chi connectivity index (χ3v) is 5.61. The number of nitriles is 1. The second kappa shape index (κ2) is 4.32. The smallest absolute Gasteiger partial charge is 0.154 e. The zero-order chi connectivity index (χ0) is 12.6. The zero-order valence-electron chi connectivity index (χ0n) is 9.30. The van der Waals surface area contributed by atoms with E-state index in [1.165, 1.54) is 0 Å². The van der Waals surface area contributed by atoms with Gasteiger partial charge in [-0.05, 0) is 17.7 Å². The van der Waals surface area contributed by atoms with E-state index in [0.717, 1.165) is 5.56 Å². The molecule has 0 aliphatic heterocycles. The molecule has 1 aliphatic carbocycles. The van der Waals surface area contributed by atoms with Crippen molar-refractivity contribution in [3.63, 3.8) is 0 Å². The molecule has 0 amide bonds. The van der Waals surface area contributed by atoms with Crippen molar-refractivity contribution in [3.05, 3.63) is 34.9 Å². The molecule has 0 bridgehead atoms. The number of sulfone groups is 1. The molecular formula is C12H12ClNO2S. The molecule has 1 aromatic carbocycles. The molecule has 1 aliphatic rings. The van der Waals surface area contributed by atoms with Gasteiger partial charge in [0.25, 0.3) is 0 Å². The van der Waals surface area contributed by atoms with Crippen molar-refractivity contribution in [2.45, 2.75) is 18.1 Å². The summed E-state index contributed by atoms with van der Waals surface area (Å²) < 4.78 is 23.6. The molecule has 2 rings (SSSR count). The van der Waals surface area contributed by atoms with E-state index in [4.69, 9.17) is 16.9 Å². The SMILES string of the molecule is CCS(=O)(=O)[C@@H]1[C@@H](C#N)[C@@H]1c1cccc(Cl)c1. The van der Waals surface area contributed by atoms with Crippen LogP contribution in [0.4, 0.5) is 0 Å². The maximum absolute atomic E-state index is 11.8. The number of nitrogens with zero attached hydrogens (tertiary/aromatic N) is 1. The lowest BCUT2D eigenvalue weighted by atomic mass is 10.1. The molecule has 1 fully saturated rings. The lowest BCUT2D eigenvalue weighted by Crippen LogP contribution is -2.12. The molecule has 0 radical (unpaired) electrons. The van der Waals surface area contributed by atoms with Crippen LogP contribution in [0, 0.1) is 17.2 Å². The molecule has 0 unspecified atom stereocenters. The van der Waals surface area contributed by atoms with E-state index in [-0.39, 0.29) is 11.7 Å². The highest BCUT2D eigenvalue weighted by Gasteiger charge is 2.58. The van der Waals surface area contributed by atoms with Crippen LogP contribution in [0.1, 0.15) is 18.4 Å². The molecular weight excluding hydrogens is 258 g/mol. The molecule has 0 heterocycles. The van der Waals surface area contributed by atoms with Crippen molar-refractivity contribution in [2.75, 3.05) is 5.75 Å². The average Bonchev–Trinajstić information content (AvgIpc) is 3.04. The molecule has 0 saturated heterocycles. The predicted molar refractivity (Wildman–Crippen MR) is 66.5 cm³/mol. The topological polar surface area (TPSA) is 57.9 Å².